The SMILES string of the molecule is Cl.NCCC1CCCN(C2c3ccccc3-c3ccccc32)C1. The predicted molar refractivity (Wildman–Crippen MR) is 98.9 cm³/mol. The van der Waals surface area contributed by atoms with E-state index in [1.807, 2.05) is 0 Å². The van der Waals surface area contributed by atoms with Gasteiger partial charge < -0.3 is 5.73 Å². The molecule has 2 nitrogen and oxygen atoms in total. The van der Waals surface area contributed by atoms with Crippen molar-refractivity contribution in [3.63, 3.8) is 0 Å². The lowest BCUT2D eigenvalue weighted by atomic mass is 9.92. The second-order valence-corrected chi connectivity index (χ2v) is 6.66. The van der Waals surface area contributed by atoms with E-state index in [4.69, 9.17) is 5.73 Å². The highest BCUT2D eigenvalue weighted by Gasteiger charge is 2.34. The van der Waals surface area contributed by atoms with Gasteiger partial charge in [-0.1, -0.05) is 48.5 Å². The van der Waals surface area contributed by atoms with Crippen LogP contribution in [0.5, 0.6) is 0 Å². The lowest BCUT2D eigenvalue weighted by Crippen LogP contribution is -2.38. The van der Waals surface area contributed by atoms with Crippen molar-refractivity contribution >= 4 is 12.4 Å². The minimum Gasteiger partial charge on any atom is -0.330 e. The van der Waals surface area contributed by atoms with E-state index in [-0.39, 0.29) is 12.4 Å². The smallest absolute Gasteiger partial charge is 0.0614 e. The van der Waals surface area contributed by atoms with Gasteiger partial charge in [0.1, 0.15) is 0 Å². The van der Waals surface area contributed by atoms with E-state index in [0.29, 0.717) is 6.04 Å². The average Bonchev–Trinajstić information content (AvgIpc) is 2.90. The summed E-state index contributed by atoms with van der Waals surface area (Å²) < 4.78 is 0. The summed E-state index contributed by atoms with van der Waals surface area (Å²) in [7, 11) is 0. The van der Waals surface area contributed by atoms with Crippen molar-refractivity contribution in [3.8, 4) is 11.1 Å². The van der Waals surface area contributed by atoms with Gasteiger partial charge in [-0.2, -0.15) is 0 Å². The molecule has 23 heavy (non-hydrogen) atoms. The highest BCUT2D eigenvalue weighted by atomic mass is 35.5. The summed E-state index contributed by atoms with van der Waals surface area (Å²) in [6.45, 7) is 3.20. The standard InChI is InChI=1S/C20H24N2.ClH/c21-12-11-15-6-5-13-22(14-15)20-18-9-3-1-7-16(18)17-8-2-4-10-19(17)20;/h1-4,7-10,15,20H,5-6,11-14,21H2;1H. The molecular weight excluding hydrogens is 304 g/mol. The molecule has 2 aromatic carbocycles. The lowest BCUT2D eigenvalue weighted by Gasteiger charge is -2.37. The number of fused-ring (bicyclic) bond motifs is 3. The Balaban J connectivity index is 0.00000156. The molecule has 1 aliphatic carbocycles. The Bertz CT molecular complexity index is 623. The zero-order valence-electron chi connectivity index (χ0n) is 13.4. The second-order valence-electron chi connectivity index (χ2n) is 6.66. The first-order valence-electron chi connectivity index (χ1n) is 8.51. The van der Waals surface area contributed by atoms with Crippen molar-refractivity contribution in [3.05, 3.63) is 59.7 Å². The van der Waals surface area contributed by atoms with Crippen molar-refractivity contribution in [2.45, 2.75) is 25.3 Å². The Morgan fingerprint density at radius 2 is 1.57 bits per heavy atom. The average molecular weight is 329 g/mol. The van der Waals surface area contributed by atoms with Gasteiger partial charge in [-0.15, -0.1) is 12.4 Å². The maximum Gasteiger partial charge on any atom is 0.0614 e. The molecule has 1 atom stereocenters. The van der Waals surface area contributed by atoms with E-state index in [9.17, 15) is 0 Å². The van der Waals surface area contributed by atoms with Gasteiger partial charge >= 0.3 is 0 Å². The number of rotatable bonds is 3. The van der Waals surface area contributed by atoms with E-state index in [1.165, 1.54) is 48.2 Å². The third-order valence-corrected chi connectivity index (χ3v) is 5.29. The molecule has 2 N–H and O–H groups in total. The van der Waals surface area contributed by atoms with Crippen LogP contribution in [0, 0.1) is 5.92 Å². The number of piperidine rings is 1. The zero-order valence-corrected chi connectivity index (χ0v) is 14.3. The molecule has 1 unspecified atom stereocenters. The molecule has 0 radical (unpaired) electrons. The normalized spacial score (nSPS) is 20.7. The Morgan fingerprint density at radius 1 is 0.957 bits per heavy atom. The minimum absolute atomic E-state index is 0. The summed E-state index contributed by atoms with van der Waals surface area (Å²) in [6.07, 6.45) is 3.79. The molecule has 0 bridgehead atoms. The molecule has 2 aromatic rings. The van der Waals surface area contributed by atoms with Crippen molar-refractivity contribution in [1.82, 2.24) is 4.90 Å². The molecule has 0 saturated carbocycles. The van der Waals surface area contributed by atoms with Crippen molar-refractivity contribution in [1.29, 1.82) is 0 Å². The molecule has 0 aromatic heterocycles. The molecule has 3 heteroatoms. The van der Waals surface area contributed by atoms with Crippen LogP contribution in [0.1, 0.15) is 36.4 Å². The van der Waals surface area contributed by atoms with Gasteiger partial charge in [-0.25, -0.2) is 0 Å². The zero-order chi connectivity index (χ0) is 14.9. The number of halogens is 1. The van der Waals surface area contributed by atoms with Gasteiger partial charge in [0.05, 0.1) is 6.04 Å². The van der Waals surface area contributed by atoms with Gasteiger partial charge in [0.2, 0.25) is 0 Å². The molecule has 2 aliphatic rings. The van der Waals surface area contributed by atoms with Gasteiger partial charge in [0.15, 0.2) is 0 Å². The first-order valence-corrected chi connectivity index (χ1v) is 8.51. The van der Waals surface area contributed by atoms with E-state index < -0.39 is 0 Å². The van der Waals surface area contributed by atoms with Crippen LogP contribution in [0.2, 0.25) is 0 Å². The van der Waals surface area contributed by atoms with E-state index in [0.717, 1.165) is 18.9 Å². The number of nitrogens with zero attached hydrogens (tertiary/aromatic N) is 1. The highest BCUT2D eigenvalue weighted by Crippen LogP contribution is 2.47. The van der Waals surface area contributed by atoms with Crippen LogP contribution in [-0.2, 0) is 0 Å². The lowest BCUT2D eigenvalue weighted by molar-refractivity contribution is 0.140. The monoisotopic (exact) mass is 328 g/mol. The number of nitrogens with two attached hydrogens (primary N) is 1. The molecule has 1 saturated heterocycles. The Kier molecular flexibility index (Phi) is 5.05. The highest BCUT2D eigenvalue weighted by molar-refractivity contribution is 5.85. The third kappa shape index (κ3) is 2.91. The van der Waals surface area contributed by atoms with E-state index in [2.05, 4.69) is 53.4 Å². The molecule has 1 fully saturated rings. The number of benzene rings is 2. The summed E-state index contributed by atoms with van der Waals surface area (Å²) in [5.74, 6) is 0.763. The molecule has 0 spiro atoms. The van der Waals surface area contributed by atoms with E-state index >= 15 is 0 Å². The second kappa shape index (κ2) is 7.04. The number of likely N-dealkylation sites (tertiary alicyclic amines) is 1. The predicted octanol–water partition coefficient (Wildman–Crippen LogP) is 4.24. The fourth-order valence-corrected chi connectivity index (χ4v) is 4.33. The van der Waals surface area contributed by atoms with E-state index in [1.54, 1.807) is 0 Å². The van der Waals surface area contributed by atoms with Crippen LogP contribution in [0.4, 0.5) is 0 Å². The summed E-state index contributed by atoms with van der Waals surface area (Å²) in [4.78, 5) is 2.69. The quantitative estimate of drug-likeness (QED) is 0.913. The molecule has 4 rings (SSSR count). The number of hydrogen-bond donors (Lipinski definition) is 1. The van der Waals surface area contributed by atoms with Gasteiger partial charge in [0.25, 0.3) is 0 Å². The van der Waals surface area contributed by atoms with Crippen LogP contribution >= 0.6 is 12.4 Å². The van der Waals surface area contributed by atoms with Crippen LogP contribution in [0.3, 0.4) is 0 Å². The van der Waals surface area contributed by atoms with Gasteiger partial charge in [-0.05, 0) is 60.5 Å². The first kappa shape index (κ1) is 16.5. The number of hydrogen-bond acceptors (Lipinski definition) is 2. The van der Waals surface area contributed by atoms with Crippen LogP contribution < -0.4 is 5.73 Å². The van der Waals surface area contributed by atoms with Gasteiger partial charge in [0, 0.05) is 6.54 Å². The summed E-state index contributed by atoms with van der Waals surface area (Å²) in [5, 5.41) is 0. The fraction of sp³-hybridized carbons (Fsp3) is 0.400. The molecule has 122 valence electrons. The minimum atomic E-state index is 0. The van der Waals surface area contributed by atoms with Gasteiger partial charge in [-0.3, -0.25) is 4.90 Å². The first-order chi connectivity index (χ1) is 10.9. The molecule has 1 aliphatic heterocycles. The molecular formula is C20H25ClN2. The molecule has 1 heterocycles. The van der Waals surface area contributed by atoms with Crippen molar-refractivity contribution in [2.24, 2.45) is 11.7 Å². The summed E-state index contributed by atoms with van der Waals surface area (Å²) in [6, 6.07) is 18.3. The van der Waals surface area contributed by atoms with Crippen LogP contribution in [0.15, 0.2) is 48.5 Å². The Hall–Kier alpha value is -1.35. The molecule has 0 amide bonds. The summed E-state index contributed by atoms with van der Waals surface area (Å²) in [5.41, 5.74) is 11.6. The van der Waals surface area contributed by atoms with Crippen molar-refractivity contribution < 1.29 is 0 Å². The van der Waals surface area contributed by atoms with Crippen LogP contribution in [-0.4, -0.2) is 24.5 Å². The maximum atomic E-state index is 5.79. The van der Waals surface area contributed by atoms with Crippen LogP contribution in [0.25, 0.3) is 11.1 Å². The topological polar surface area (TPSA) is 29.3 Å². The largest absolute Gasteiger partial charge is 0.330 e. The van der Waals surface area contributed by atoms with Crippen molar-refractivity contribution in [2.75, 3.05) is 19.6 Å². The maximum absolute atomic E-state index is 5.79. The third-order valence-electron chi connectivity index (χ3n) is 5.29. The summed E-state index contributed by atoms with van der Waals surface area (Å²) >= 11 is 0. The Labute approximate surface area is 145 Å². The fourth-order valence-electron chi connectivity index (χ4n) is 4.33. The Morgan fingerprint density at radius 3 is 2.17 bits per heavy atom.